The smallest absolute Gasteiger partial charge is 0.00695 e. The molecule has 0 bridgehead atoms. The minimum Gasteiger partial charge on any atom is -0.330 e. The summed E-state index contributed by atoms with van der Waals surface area (Å²) in [6.07, 6.45) is 3.95. The Kier molecular flexibility index (Phi) is 5.46. The van der Waals surface area contributed by atoms with Crippen LogP contribution in [0.2, 0.25) is 0 Å². The standard InChI is InChI=1S/C15H32N2/c1-12-6-7-17(13(2)8-12)11-14(10-16)9-15(3,4)5/h12-14H,6-11,16H2,1-5H3. The van der Waals surface area contributed by atoms with Gasteiger partial charge in [-0.1, -0.05) is 27.7 Å². The van der Waals surface area contributed by atoms with Gasteiger partial charge in [-0.25, -0.2) is 0 Å². The molecule has 1 aliphatic rings. The third-order valence-electron chi connectivity index (χ3n) is 4.00. The molecule has 17 heavy (non-hydrogen) atoms. The van der Waals surface area contributed by atoms with Gasteiger partial charge in [-0.05, 0) is 56.5 Å². The third kappa shape index (κ3) is 5.39. The molecule has 0 aromatic heterocycles. The number of nitrogens with zero attached hydrogens (tertiary/aromatic N) is 1. The molecule has 1 heterocycles. The maximum Gasteiger partial charge on any atom is 0.00695 e. The maximum atomic E-state index is 5.94. The zero-order valence-corrected chi connectivity index (χ0v) is 12.5. The first-order valence-electron chi connectivity index (χ1n) is 7.26. The molecule has 2 heteroatoms. The van der Waals surface area contributed by atoms with Crippen molar-refractivity contribution in [1.82, 2.24) is 4.90 Å². The average molecular weight is 240 g/mol. The minimum absolute atomic E-state index is 0.399. The van der Waals surface area contributed by atoms with E-state index in [0.29, 0.717) is 11.3 Å². The molecule has 2 nitrogen and oxygen atoms in total. The van der Waals surface area contributed by atoms with Crippen molar-refractivity contribution in [2.75, 3.05) is 19.6 Å². The Morgan fingerprint density at radius 1 is 1.29 bits per heavy atom. The molecule has 1 aliphatic heterocycles. The van der Waals surface area contributed by atoms with E-state index in [-0.39, 0.29) is 0 Å². The number of piperidine rings is 1. The molecule has 0 aliphatic carbocycles. The molecule has 3 unspecified atom stereocenters. The minimum atomic E-state index is 0.399. The van der Waals surface area contributed by atoms with E-state index in [1.54, 1.807) is 0 Å². The van der Waals surface area contributed by atoms with Crippen LogP contribution >= 0.6 is 0 Å². The Morgan fingerprint density at radius 2 is 1.94 bits per heavy atom. The monoisotopic (exact) mass is 240 g/mol. The summed E-state index contributed by atoms with van der Waals surface area (Å²) < 4.78 is 0. The van der Waals surface area contributed by atoms with E-state index in [2.05, 4.69) is 39.5 Å². The first kappa shape index (κ1) is 15.0. The van der Waals surface area contributed by atoms with Crippen molar-refractivity contribution in [2.24, 2.45) is 23.0 Å². The van der Waals surface area contributed by atoms with E-state index in [1.165, 1.54) is 32.4 Å². The summed E-state index contributed by atoms with van der Waals surface area (Å²) in [5, 5.41) is 0. The predicted octanol–water partition coefficient (Wildman–Crippen LogP) is 3.12. The molecule has 1 rings (SSSR count). The molecule has 0 saturated carbocycles. The summed E-state index contributed by atoms with van der Waals surface area (Å²) in [7, 11) is 0. The highest BCUT2D eigenvalue weighted by Gasteiger charge is 2.26. The van der Waals surface area contributed by atoms with Gasteiger partial charge in [0.2, 0.25) is 0 Å². The molecular formula is C15H32N2. The van der Waals surface area contributed by atoms with Gasteiger partial charge in [-0.2, -0.15) is 0 Å². The molecule has 102 valence electrons. The second kappa shape index (κ2) is 6.19. The molecule has 0 aromatic rings. The van der Waals surface area contributed by atoms with Gasteiger partial charge in [0.1, 0.15) is 0 Å². The van der Waals surface area contributed by atoms with Crippen LogP contribution in [0, 0.1) is 17.3 Å². The van der Waals surface area contributed by atoms with E-state index < -0.39 is 0 Å². The van der Waals surface area contributed by atoms with E-state index in [9.17, 15) is 0 Å². The Balaban J connectivity index is 2.45. The largest absolute Gasteiger partial charge is 0.330 e. The first-order valence-corrected chi connectivity index (χ1v) is 7.26. The van der Waals surface area contributed by atoms with E-state index in [0.717, 1.165) is 18.5 Å². The molecule has 1 fully saturated rings. The Morgan fingerprint density at radius 3 is 2.41 bits per heavy atom. The fourth-order valence-electron chi connectivity index (χ4n) is 3.15. The first-order chi connectivity index (χ1) is 7.81. The fourth-order valence-corrected chi connectivity index (χ4v) is 3.15. The number of rotatable bonds is 4. The second-order valence-electron chi connectivity index (χ2n) is 7.34. The average Bonchev–Trinajstić information content (AvgIpc) is 2.19. The molecular weight excluding hydrogens is 208 g/mol. The number of nitrogens with two attached hydrogens (primary N) is 1. The fraction of sp³-hybridized carbons (Fsp3) is 1.00. The topological polar surface area (TPSA) is 29.3 Å². The van der Waals surface area contributed by atoms with Crippen molar-refractivity contribution in [3.8, 4) is 0 Å². The van der Waals surface area contributed by atoms with Crippen LogP contribution in [0.4, 0.5) is 0 Å². The molecule has 0 spiro atoms. The molecule has 0 radical (unpaired) electrons. The van der Waals surface area contributed by atoms with Crippen molar-refractivity contribution in [1.29, 1.82) is 0 Å². The van der Waals surface area contributed by atoms with Gasteiger partial charge in [0.15, 0.2) is 0 Å². The Labute approximate surface area is 108 Å². The van der Waals surface area contributed by atoms with Crippen molar-refractivity contribution >= 4 is 0 Å². The Hall–Kier alpha value is -0.0800. The summed E-state index contributed by atoms with van der Waals surface area (Å²) >= 11 is 0. The van der Waals surface area contributed by atoms with E-state index in [4.69, 9.17) is 5.73 Å². The van der Waals surface area contributed by atoms with Crippen LogP contribution in [0.5, 0.6) is 0 Å². The molecule has 0 amide bonds. The van der Waals surface area contributed by atoms with Crippen LogP contribution in [0.15, 0.2) is 0 Å². The summed E-state index contributed by atoms with van der Waals surface area (Å²) in [6.45, 7) is 15.0. The van der Waals surface area contributed by atoms with Gasteiger partial charge in [-0.15, -0.1) is 0 Å². The highest BCUT2D eigenvalue weighted by Crippen LogP contribution is 2.27. The highest BCUT2D eigenvalue weighted by molar-refractivity contribution is 4.80. The Bertz CT molecular complexity index is 219. The van der Waals surface area contributed by atoms with Gasteiger partial charge in [-0.3, -0.25) is 0 Å². The van der Waals surface area contributed by atoms with Gasteiger partial charge in [0, 0.05) is 12.6 Å². The molecule has 2 N–H and O–H groups in total. The van der Waals surface area contributed by atoms with E-state index >= 15 is 0 Å². The van der Waals surface area contributed by atoms with Gasteiger partial charge >= 0.3 is 0 Å². The highest BCUT2D eigenvalue weighted by atomic mass is 15.2. The van der Waals surface area contributed by atoms with Gasteiger partial charge in [0.25, 0.3) is 0 Å². The van der Waals surface area contributed by atoms with Crippen LogP contribution in [-0.4, -0.2) is 30.6 Å². The number of likely N-dealkylation sites (tertiary alicyclic amines) is 1. The number of hydrogen-bond acceptors (Lipinski definition) is 2. The van der Waals surface area contributed by atoms with Crippen LogP contribution in [-0.2, 0) is 0 Å². The summed E-state index contributed by atoms with van der Waals surface area (Å²) in [6, 6.07) is 0.743. The van der Waals surface area contributed by atoms with Crippen LogP contribution in [0.1, 0.15) is 53.9 Å². The van der Waals surface area contributed by atoms with Gasteiger partial charge in [0.05, 0.1) is 0 Å². The van der Waals surface area contributed by atoms with Crippen molar-refractivity contribution < 1.29 is 0 Å². The normalized spacial score (nSPS) is 29.3. The third-order valence-corrected chi connectivity index (χ3v) is 4.00. The van der Waals surface area contributed by atoms with Crippen LogP contribution in [0.25, 0.3) is 0 Å². The summed E-state index contributed by atoms with van der Waals surface area (Å²) in [5.74, 6) is 1.56. The maximum absolute atomic E-state index is 5.94. The van der Waals surface area contributed by atoms with Crippen molar-refractivity contribution in [2.45, 2.75) is 59.9 Å². The molecule has 3 atom stereocenters. The van der Waals surface area contributed by atoms with Gasteiger partial charge < -0.3 is 10.6 Å². The SMILES string of the molecule is CC1CCN(CC(CN)CC(C)(C)C)C(C)C1. The summed E-state index contributed by atoms with van der Waals surface area (Å²) in [5.41, 5.74) is 6.34. The molecule has 1 saturated heterocycles. The van der Waals surface area contributed by atoms with E-state index in [1.807, 2.05) is 0 Å². The van der Waals surface area contributed by atoms with Crippen molar-refractivity contribution in [3.63, 3.8) is 0 Å². The lowest BCUT2D eigenvalue weighted by Gasteiger charge is -2.39. The lowest BCUT2D eigenvalue weighted by atomic mass is 9.83. The zero-order chi connectivity index (χ0) is 13.1. The zero-order valence-electron chi connectivity index (χ0n) is 12.5. The molecule has 0 aromatic carbocycles. The quantitative estimate of drug-likeness (QED) is 0.818. The predicted molar refractivity (Wildman–Crippen MR) is 76.0 cm³/mol. The lowest BCUT2D eigenvalue weighted by molar-refractivity contribution is 0.0998. The second-order valence-corrected chi connectivity index (χ2v) is 7.34. The summed E-state index contributed by atoms with van der Waals surface area (Å²) in [4.78, 5) is 2.66. The number of hydrogen-bond donors (Lipinski definition) is 1. The van der Waals surface area contributed by atoms with Crippen LogP contribution in [0.3, 0.4) is 0 Å². The lowest BCUT2D eigenvalue weighted by Crippen LogP contribution is -2.44. The van der Waals surface area contributed by atoms with Crippen LogP contribution < -0.4 is 5.73 Å². The van der Waals surface area contributed by atoms with Crippen molar-refractivity contribution in [3.05, 3.63) is 0 Å².